The van der Waals surface area contributed by atoms with Crippen molar-refractivity contribution < 1.29 is 14.7 Å². The van der Waals surface area contributed by atoms with Crippen LogP contribution in [0, 0.1) is 0 Å². The van der Waals surface area contributed by atoms with Gasteiger partial charge < -0.3 is 9.47 Å². The van der Waals surface area contributed by atoms with E-state index in [1.165, 1.54) is 0 Å². The topological polar surface area (TPSA) is 63.1 Å². The standard InChI is InChI=1S/C9H12N2O3/c1-13-7-3-4-9(14-2)8(5-7)10-6-11-12/h3-6,12H,1-2H3,(H,10,11). The number of hydrogen-bond acceptors (Lipinski definition) is 4. The molecule has 0 heterocycles. The third-order valence-corrected chi connectivity index (χ3v) is 1.65. The normalized spacial score (nSPS) is 10.2. The van der Waals surface area contributed by atoms with Gasteiger partial charge in [0.25, 0.3) is 0 Å². The van der Waals surface area contributed by atoms with E-state index in [1.807, 2.05) is 5.48 Å². The second kappa shape index (κ2) is 5.08. The summed E-state index contributed by atoms with van der Waals surface area (Å²) in [6.07, 6.45) is 1.15. The maximum absolute atomic E-state index is 8.35. The van der Waals surface area contributed by atoms with Gasteiger partial charge in [0, 0.05) is 6.07 Å². The number of aliphatic imine (C=N–C) groups is 1. The van der Waals surface area contributed by atoms with Crippen molar-refractivity contribution in [2.24, 2.45) is 4.99 Å². The molecular formula is C9H12N2O3. The molecule has 0 aliphatic heterocycles. The first-order chi connectivity index (χ1) is 6.81. The molecule has 76 valence electrons. The summed E-state index contributed by atoms with van der Waals surface area (Å²) in [5.41, 5.74) is 2.39. The van der Waals surface area contributed by atoms with Gasteiger partial charge in [-0.15, -0.1) is 0 Å². The van der Waals surface area contributed by atoms with E-state index in [0.29, 0.717) is 17.2 Å². The van der Waals surface area contributed by atoms with Gasteiger partial charge in [-0.1, -0.05) is 0 Å². The van der Waals surface area contributed by atoms with E-state index < -0.39 is 0 Å². The van der Waals surface area contributed by atoms with E-state index in [9.17, 15) is 0 Å². The minimum Gasteiger partial charge on any atom is -0.497 e. The van der Waals surface area contributed by atoms with Crippen molar-refractivity contribution in [3.05, 3.63) is 18.2 Å². The summed E-state index contributed by atoms with van der Waals surface area (Å²) in [4.78, 5) is 3.91. The molecule has 0 aliphatic rings. The lowest BCUT2D eigenvalue weighted by atomic mass is 10.3. The van der Waals surface area contributed by atoms with Crippen molar-refractivity contribution in [2.75, 3.05) is 14.2 Å². The second-order valence-electron chi connectivity index (χ2n) is 2.43. The van der Waals surface area contributed by atoms with Gasteiger partial charge in [0.1, 0.15) is 23.5 Å². The van der Waals surface area contributed by atoms with E-state index in [-0.39, 0.29) is 0 Å². The van der Waals surface area contributed by atoms with Crippen LogP contribution in [0.5, 0.6) is 11.5 Å². The second-order valence-corrected chi connectivity index (χ2v) is 2.43. The van der Waals surface area contributed by atoms with E-state index >= 15 is 0 Å². The minimum atomic E-state index is 0.577. The Morgan fingerprint density at radius 2 is 2.14 bits per heavy atom. The van der Waals surface area contributed by atoms with Gasteiger partial charge in [-0.05, 0) is 12.1 Å². The molecule has 2 N–H and O–H groups in total. The molecule has 5 heteroatoms. The molecule has 1 aromatic rings. The SMILES string of the molecule is COc1ccc(OC)c(N=CNO)c1. The van der Waals surface area contributed by atoms with Crippen molar-refractivity contribution in [1.82, 2.24) is 5.48 Å². The minimum absolute atomic E-state index is 0.577. The van der Waals surface area contributed by atoms with Crippen LogP contribution in [-0.4, -0.2) is 25.8 Å². The zero-order valence-electron chi connectivity index (χ0n) is 8.02. The van der Waals surface area contributed by atoms with Gasteiger partial charge >= 0.3 is 0 Å². The number of benzene rings is 1. The summed E-state index contributed by atoms with van der Waals surface area (Å²) in [6.45, 7) is 0. The molecule has 0 atom stereocenters. The number of nitrogens with one attached hydrogen (secondary N) is 1. The maximum atomic E-state index is 8.35. The first-order valence-electron chi connectivity index (χ1n) is 3.96. The molecule has 1 rings (SSSR count). The molecule has 0 fully saturated rings. The Kier molecular flexibility index (Phi) is 3.75. The van der Waals surface area contributed by atoms with Gasteiger partial charge in [-0.2, -0.15) is 0 Å². The Morgan fingerprint density at radius 1 is 1.36 bits per heavy atom. The van der Waals surface area contributed by atoms with Crippen LogP contribution in [0.4, 0.5) is 5.69 Å². The zero-order valence-corrected chi connectivity index (χ0v) is 8.02. The monoisotopic (exact) mass is 196 g/mol. The number of hydrogen-bond donors (Lipinski definition) is 2. The number of methoxy groups -OCH3 is 2. The van der Waals surface area contributed by atoms with Crippen molar-refractivity contribution in [2.45, 2.75) is 0 Å². The van der Waals surface area contributed by atoms with Crippen LogP contribution >= 0.6 is 0 Å². The highest BCUT2D eigenvalue weighted by Gasteiger charge is 2.02. The van der Waals surface area contributed by atoms with Gasteiger partial charge in [0.05, 0.1) is 14.2 Å². The molecule has 0 saturated carbocycles. The van der Waals surface area contributed by atoms with E-state index in [2.05, 4.69) is 4.99 Å². The van der Waals surface area contributed by atoms with Crippen LogP contribution < -0.4 is 15.0 Å². The first-order valence-corrected chi connectivity index (χ1v) is 3.96. The lowest BCUT2D eigenvalue weighted by Crippen LogP contribution is -2.01. The molecule has 0 saturated heterocycles. The average molecular weight is 196 g/mol. The molecule has 0 amide bonds. The van der Waals surface area contributed by atoms with E-state index in [0.717, 1.165) is 6.34 Å². The molecule has 0 unspecified atom stereocenters. The van der Waals surface area contributed by atoms with Crippen molar-refractivity contribution in [1.29, 1.82) is 0 Å². The summed E-state index contributed by atoms with van der Waals surface area (Å²) in [7, 11) is 3.12. The van der Waals surface area contributed by atoms with Gasteiger partial charge in [-0.3, -0.25) is 10.7 Å². The largest absolute Gasteiger partial charge is 0.497 e. The first kappa shape index (κ1) is 10.3. The Labute approximate surface area is 81.9 Å². The Bertz CT molecular complexity index is 326. The molecule has 0 aliphatic carbocycles. The third-order valence-electron chi connectivity index (χ3n) is 1.65. The van der Waals surface area contributed by atoms with E-state index in [1.54, 1.807) is 32.4 Å². The van der Waals surface area contributed by atoms with Gasteiger partial charge in [0.2, 0.25) is 0 Å². The Hall–Kier alpha value is -1.75. The fourth-order valence-corrected chi connectivity index (χ4v) is 0.996. The molecule has 5 nitrogen and oxygen atoms in total. The zero-order chi connectivity index (χ0) is 10.4. The van der Waals surface area contributed by atoms with Crippen LogP contribution in [0.15, 0.2) is 23.2 Å². The van der Waals surface area contributed by atoms with Crippen LogP contribution in [-0.2, 0) is 0 Å². The van der Waals surface area contributed by atoms with Crippen LogP contribution in [0.1, 0.15) is 0 Å². The van der Waals surface area contributed by atoms with E-state index in [4.69, 9.17) is 14.7 Å². The summed E-state index contributed by atoms with van der Waals surface area (Å²) in [5, 5.41) is 8.35. The number of rotatable bonds is 4. The molecule has 0 spiro atoms. The summed E-state index contributed by atoms with van der Waals surface area (Å²) >= 11 is 0. The van der Waals surface area contributed by atoms with Crippen LogP contribution in [0.2, 0.25) is 0 Å². The highest BCUT2D eigenvalue weighted by atomic mass is 16.5. The number of nitrogens with zero attached hydrogens (tertiary/aromatic N) is 1. The van der Waals surface area contributed by atoms with Crippen LogP contribution in [0.3, 0.4) is 0 Å². The fourth-order valence-electron chi connectivity index (χ4n) is 0.996. The summed E-state index contributed by atoms with van der Waals surface area (Å²) < 4.78 is 10.1. The number of hydroxylamine groups is 1. The molecule has 0 radical (unpaired) electrons. The number of ether oxygens (including phenoxy) is 2. The maximum Gasteiger partial charge on any atom is 0.144 e. The van der Waals surface area contributed by atoms with Crippen molar-refractivity contribution >= 4 is 12.0 Å². The van der Waals surface area contributed by atoms with Crippen molar-refractivity contribution in [3.8, 4) is 11.5 Å². The Morgan fingerprint density at radius 3 is 2.71 bits per heavy atom. The molecular weight excluding hydrogens is 184 g/mol. The lowest BCUT2D eigenvalue weighted by molar-refractivity contribution is 0.240. The molecule has 0 bridgehead atoms. The Balaban J connectivity index is 3.02. The quantitative estimate of drug-likeness (QED) is 0.433. The van der Waals surface area contributed by atoms with Crippen LogP contribution in [0.25, 0.3) is 0 Å². The summed E-state index contributed by atoms with van der Waals surface area (Å²) in [6, 6.07) is 5.21. The highest BCUT2D eigenvalue weighted by molar-refractivity contribution is 5.65. The van der Waals surface area contributed by atoms with Crippen molar-refractivity contribution in [3.63, 3.8) is 0 Å². The predicted molar refractivity (Wildman–Crippen MR) is 52.6 cm³/mol. The van der Waals surface area contributed by atoms with Gasteiger partial charge in [-0.25, -0.2) is 4.99 Å². The molecule has 1 aromatic carbocycles. The third kappa shape index (κ3) is 2.37. The molecule has 14 heavy (non-hydrogen) atoms. The lowest BCUT2D eigenvalue weighted by Gasteiger charge is -2.05. The molecule has 0 aromatic heterocycles. The average Bonchev–Trinajstić information content (AvgIpc) is 2.25. The summed E-state index contributed by atoms with van der Waals surface area (Å²) in [5.74, 6) is 1.29. The van der Waals surface area contributed by atoms with Gasteiger partial charge in [0.15, 0.2) is 0 Å². The predicted octanol–water partition coefficient (Wildman–Crippen LogP) is 1.34. The smallest absolute Gasteiger partial charge is 0.144 e. The highest BCUT2D eigenvalue weighted by Crippen LogP contribution is 2.30. The fraction of sp³-hybridized carbons (Fsp3) is 0.222.